The van der Waals surface area contributed by atoms with Gasteiger partial charge in [-0.2, -0.15) is 0 Å². The smallest absolute Gasteiger partial charge is 0.149 e. The molecule has 0 aromatic carbocycles. The van der Waals surface area contributed by atoms with Crippen molar-refractivity contribution in [1.29, 1.82) is 0 Å². The van der Waals surface area contributed by atoms with Gasteiger partial charge in [0, 0.05) is 18.3 Å². The maximum absolute atomic E-state index is 5.83. The van der Waals surface area contributed by atoms with E-state index in [1.54, 1.807) is 6.20 Å². The normalized spacial score (nSPS) is 18.0. The average Bonchev–Trinajstić information content (AvgIpc) is 2.75. The van der Waals surface area contributed by atoms with Gasteiger partial charge >= 0.3 is 0 Å². The van der Waals surface area contributed by atoms with Crippen molar-refractivity contribution in [2.75, 3.05) is 5.73 Å². The van der Waals surface area contributed by atoms with Crippen LogP contribution < -0.4 is 5.73 Å². The summed E-state index contributed by atoms with van der Waals surface area (Å²) in [5, 5.41) is 0. The number of nitrogen functional groups attached to an aromatic ring is 1. The fourth-order valence-corrected chi connectivity index (χ4v) is 2.63. The predicted octanol–water partition coefficient (Wildman–Crippen LogP) is 2.36. The van der Waals surface area contributed by atoms with Gasteiger partial charge in [-0.15, -0.1) is 0 Å². The Morgan fingerprint density at radius 1 is 1.19 bits per heavy atom. The Hall–Kier alpha value is -1.58. The van der Waals surface area contributed by atoms with E-state index in [1.807, 2.05) is 12.4 Å². The third-order valence-corrected chi connectivity index (χ3v) is 3.49. The van der Waals surface area contributed by atoms with Crippen molar-refractivity contribution < 1.29 is 0 Å². The first-order chi connectivity index (χ1) is 7.86. The van der Waals surface area contributed by atoms with Crippen LogP contribution in [-0.4, -0.2) is 14.4 Å². The lowest BCUT2D eigenvalue weighted by Crippen LogP contribution is -2.09. The minimum atomic E-state index is 0.567. The average molecular weight is 216 g/mol. The summed E-state index contributed by atoms with van der Waals surface area (Å²) in [5.41, 5.74) is 6.76. The SMILES string of the molecule is Nc1nccn2c(C3CCCCC3)ncc12. The van der Waals surface area contributed by atoms with Gasteiger partial charge in [-0.25, -0.2) is 9.97 Å². The van der Waals surface area contributed by atoms with Crippen LogP contribution in [0.3, 0.4) is 0 Å². The molecule has 2 heterocycles. The van der Waals surface area contributed by atoms with Crippen molar-refractivity contribution in [3.05, 3.63) is 24.4 Å². The lowest BCUT2D eigenvalue weighted by molar-refractivity contribution is 0.428. The topological polar surface area (TPSA) is 56.2 Å². The molecule has 1 aliphatic rings. The van der Waals surface area contributed by atoms with Gasteiger partial charge in [0.15, 0.2) is 0 Å². The second-order valence-corrected chi connectivity index (χ2v) is 4.52. The predicted molar refractivity (Wildman–Crippen MR) is 63.2 cm³/mol. The van der Waals surface area contributed by atoms with Crippen LogP contribution >= 0.6 is 0 Å². The number of nitrogens with zero attached hydrogens (tertiary/aromatic N) is 3. The van der Waals surface area contributed by atoms with Gasteiger partial charge in [-0.3, -0.25) is 4.40 Å². The molecule has 4 nitrogen and oxygen atoms in total. The maximum atomic E-state index is 5.83. The Morgan fingerprint density at radius 2 is 2.00 bits per heavy atom. The van der Waals surface area contributed by atoms with Crippen molar-refractivity contribution in [3.63, 3.8) is 0 Å². The fraction of sp³-hybridized carbons (Fsp3) is 0.500. The number of anilines is 1. The maximum Gasteiger partial charge on any atom is 0.149 e. The van der Waals surface area contributed by atoms with Gasteiger partial charge in [0.2, 0.25) is 0 Å². The molecule has 4 heteroatoms. The number of aromatic nitrogens is 3. The Kier molecular flexibility index (Phi) is 2.27. The molecule has 3 rings (SSSR count). The summed E-state index contributed by atoms with van der Waals surface area (Å²) < 4.78 is 2.10. The van der Waals surface area contributed by atoms with E-state index in [2.05, 4.69) is 14.4 Å². The molecule has 0 amide bonds. The molecule has 1 fully saturated rings. The first-order valence-corrected chi connectivity index (χ1v) is 5.93. The first kappa shape index (κ1) is 9.63. The van der Waals surface area contributed by atoms with Crippen molar-refractivity contribution in [1.82, 2.24) is 14.4 Å². The fourth-order valence-electron chi connectivity index (χ4n) is 2.63. The van der Waals surface area contributed by atoms with E-state index in [0.29, 0.717) is 11.7 Å². The molecule has 84 valence electrons. The standard InChI is InChI=1S/C12H16N4/c13-11-10-8-15-12(16(10)7-6-14-11)9-4-2-1-3-5-9/h6-9H,1-5H2,(H2,13,14). The summed E-state index contributed by atoms with van der Waals surface area (Å²) in [6.45, 7) is 0. The number of rotatable bonds is 1. The highest BCUT2D eigenvalue weighted by Crippen LogP contribution is 2.32. The summed E-state index contributed by atoms with van der Waals surface area (Å²) in [5.74, 6) is 2.32. The molecule has 2 aromatic heterocycles. The summed E-state index contributed by atoms with van der Waals surface area (Å²) in [7, 11) is 0. The van der Waals surface area contributed by atoms with Crippen LogP contribution in [0.15, 0.2) is 18.6 Å². The third-order valence-electron chi connectivity index (χ3n) is 3.49. The van der Waals surface area contributed by atoms with E-state index in [1.165, 1.54) is 32.1 Å². The van der Waals surface area contributed by atoms with Gasteiger partial charge in [-0.1, -0.05) is 19.3 Å². The van der Waals surface area contributed by atoms with E-state index < -0.39 is 0 Å². The van der Waals surface area contributed by atoms with Gasteiger partial charge in [0.05, 0.1) is 6.20 Å². The molecule has 0 spiro atoms. The molecular weight excluding hydrogens is 200 g/mol. The van der Waals surface area contributed by atoms with Crippen LogP contribution in [0.2, 0.25) is 0 Å². The second kappa shape index (κ2) is 3.77. The van der Waals surface area contributed by atoms with Crippen LogP contribution in [-0.2, 0) is 0 Å². The largest absolute Gasteiger partial charge is 0.382 e. The monoisotopic (exact) mass is 216 g/mol. The van der Waals surface area contributed by atoms with E-state index in [9.17, 15) is 0 Å². The molecule has 16 heavy (non-hydrogen) atoms. The van der Waals surface area contributed by atoms with Crippen LogP contribution in [0.1, 0.15) is 43.8 Å². The zero-order chi connectivity index (χ0) is 11.0. The number of imidazole rings is 1. The molecular formula is C12H16N4. The summed E-state index contributed by atoms with van der Waals surface area (Å²) in [6.07, 6.45) is 12.1. The summed E-state index contributed by atoms with van der Waals surface area (Å²) in [6, 6.07) is 0. The van der Waals surface area contributed by atoms with Crippen molar-refractivity contribution >= 4 is 11.3 Å². The Balaban J connectivity index is 2.06. The molecule has 2 aromatic rings. The number of nitrogens with two attached hydrogens (primary N) is 1. The first-order valence-electron chi connectivity index (χ1n) is 5.93. The van der Waals surface area contributed by atoms with E-state index >= 15 is 0 Å². The lowest BCUT2D eigenvalue weighted by atomic mass is 9.89. The molecule has 0 radical (unpaired) electrons. The van der Waals surface area contributed by atoms with Crippen molar-refractivity contribution in [2.45, 2.75) is 38.0 Å². The van der Waals surface area contributed by atoms with Gasteiger partial charge in [0.1, 0.15) is 17.2 Å². The zero-order valence-corrected chi connectivity index (χ0v) is 9.26. The minimum absolute atomic E-state index is 0.567. The molecule has 1 saturated carbocycles. The van der Waals surface area contributed by atoms with Crippen LogP contribution in [0.5, 0.6) is 0 Å². The quantitative estimate of drug-likeness (QED) is 0.796. The van der Waals surface area contributed by atoms with E-state index in [-0.39, 0.29) is 0 Å². The van der Waals surface area contributed by atoms with Gasteiger partial charge in [0.25, 0.3) is 0 Å². The van der Waals surface area contributed by atoms with Crippen LogP contribution in [0, 0.1) is 0 Å². The van der Waals surface area contributed by atoms with E-state index in [0.717, 1.165) is 11.3 Å². The Bertz CT molecular complexity index is 497. The number of hydrogen-bond acceptors (Lipinski definition) is 3. The third kappa shape index (κ3) is 1.45. The molecule has 0 bridgehead atoms. The summed E-state index contributed by atoms with van der Waals surface area (Å²) in [4.78, 5) is 8.61. The molecule has 0 atom stereocenters. The number of fused-ring (bicyclic) bond motifs is 1. The molecule has 0 aliphatic heterocycles. The molecule has 0 saturated heterocycles. The van der Waals surface area contributed by atoms with Gasteiger partial charge < -0.3 is 5.73 Å². The van der Waals surface area contributed by atoms with Crippen molar-refractivity contribution in [3.8, 4) is 0 Å². The molecule has 1 aliphatic carbocycles. The highest BCUT2D eigenvalue weighted by atomic mass is 15.1. The summed E-state index contributed by atoms with van der Waals surface area (Å²) >= 11 is 0. The minimum Gasteiger partial charge on any atom is -0.382 e. The van der Waals surface area contributed by atoms with E-state index in [4.69, 9.17) is 5.73 Å². The second-order valence-electron chi connectivity index (χ2n) is 4.52. The lowest BCUT2D eigenvalue weighted by Gasteiger charge is -2.20. The van der Waals surface area contributed by atoms with Gasteiger partial charge in [-0.05, 0) is 12.8 Å². The number of hydrogen-bond donors (Lipinski definition) is 1. The zero-order valence-electron chi connectivity index (χ0n) is 9.26. The molecule has 0 unspecified atom stereocenters. The van der Waals surface area contributed by atoms with Crippen LogP contribution in [0.25, 0.3) is 5.52 Å². The Morgan fingerprint density at radius 3 is 2.81 bits per heavy atom. The van der Waals surface area contributed by atoms with Crippen LogP contribution in [0.4, 0.5) is 5.82 Å². The highest BCUT2D eigenvalue weighted by Gasteiger charge is 2.20. The molecule has 2 N–H and O–H groups in total. The Labute approximate surface area is 94.5 Å². The van der Waals surface area contributed by atoms with Crippen molar-refractivity contribution in [2.24, 2.45) is 0 Å². The highest BCUT2D eigenvalue weighted by molar-refractivity contribution is 5.64.